The molecular formula is C16H15N3O3. The topological polar surface area (TPSA) is 81.2 Å². The molecule has 1 aromatic heterocycles. The molecule has 112 valence electrons. The van der Waals surface area contributed by atoms with Gasteiger partial charge >= 0.3 is 0 Å². The van der Waals surface area contributed by atoms with E-state index in [0.717, 1.165) is 17.0 Å². The first kappa shape index (κ1) is 14.2. The van der Waals surface area contributed by atoms with E-state index >= 15 is 0 Å². The Morgan fingerprint density at radius 1 is 1.27 bits per heavy atom. The maximum Gasteiger partial charge on any atom is 0.272 e. The van der Waals surface area contributed by atoms with Crippen LogP contribution < -0.4 is 0 Å². The van der Waals surface area contributed by atoms with Gasteiger partial charge < -0.3 is 9.67 Å². The number of benzene rings is 2. The second-order valence-electron chi connectivity index (χ2n) is 5.02. The van der Waals surface area contributed by atoms with Gasteiger partial charge in [-0.3, -0.25) is 10.1 Å². The number of hydrogen-bond donors (Lipinski definition) is 1. The van der Waals surface area contributed by atoms with Gasteiger partial charge in [0.05, 0.1) is 22.6 Å². The third-order valence-corrected chi connectivity index (χ3v) is 3.65. The molecule has 0 unspecified atom stereocenters. The number of nitro groups is 1. The van der Waals surface area contributed by atoms with Crippen LogP contribution in [0.5, 0.6) is 0 Å². The summed E-state index contributed by atoms with van der Waals surface area (Å²) in [6.07, 6.45) is 0. The van der Waals surface area contributed by atoms with Crippen molar-refractivity contribution < 1.29 is 10.0 Å². The summed E-state index contributed by atoms with van der Waals surface area (Å²) in [7, 11) is 0. The van der Waals surface area contributed by atoms with Crippen LogP contribution in [0.3, 0.4) is 0 Å². The lowest BCUT2D eigenvalue weighted by molar-refractivity contribution is -0.384. The molecule has 0 amide bonds. The van der Waals surface area contributed by atoms with Crippen LogP contribution >= 0.6 is 0 Å². The lowest BCUT2D eigenvalue weighted by Gasteiger charge is -2.06. The number of fused-ring (bicyclic) bond motifs is 1. The van der Waals surface area contributed by atoms with Crippen LogP contribution in [0.15, 0.2) is 42.5 Å². The van der Waals surface area contributed by atoms with Gasteiger partial charge in [-0.15, -0.1) is 0 Å². The predicted molar refractivity (Wildman–Crippen MR) is 83.6 cm³/mol. The van der Waals surface area contributed by atoms with Crippen molar-refractivity contribution in [3.8, 4) is 11.1 Å². The summed E-state index contributed by atoms with van der Waals surface area (Å²) in [6, 6.07) is 12.5. The average molecular weight is 297 g/mol. The van der Waals surface area contributed by atoms with Crippen LogP contribution in [0.2, 0.25) is 0 Å². The molecule has 0 fully saturated rings. The third-order valence-electron chi connectivity index (χ3n) is 3.65. The number of aromatic nitrogens is 2. The van der Waals surface area contributed by atoms with Gasteiger partial charge in [0.1, 0.15) is 5.82 Å². The lowest BCUT2D eigenvalue weighted by atomic mass is 10.0. The van der Waals surface area contributed by atoms with E-state index in [4.69, 9.17) is 0 Å². The van der Waals surface area contributed by atoms with Gasteiger partial charge in [0.15, 0.2) is 0 Å². The number of aliphatic hydroxyl groups excluding tert-OH is 1. The largest absolute Gasteiger partial charge is 0.395 e. The van der Waals surface area contributed by atoms with Crippen molar-refractivity contribution in [3.63, 3.8) is 0 Å². The fourth-order valence-electron chi connectivity index (χ4n) is 2.65. The van der Waals surface area contributed by atoms with Crippen molar-refractivity contribution >= 4 is 16.7 Å². The zero-order chi connectivity index (χ0) is 15.7. The van der Waals surface area contributed by atoms with Crippen LogP contribution in [0, 0.1) is 17.0 Å². The van der Waals surface area contributed by atoms with E-state index in [-0.39, 0.29) is 12.3 Å². The summed E-state index contributed by atoms with van der Waals surface area (Å²) in [5.74, 6) is 0.724. The van der Waals surface area contributed by atoms with Crippen molar-refractivity contribution in [3.05, 3.63) is 58.4 Å². The molecule has 0 saturated heterocycles. The highest BCUT2D eigenvalue weighted by atomic mass is 16.6. The van der Waals surface area contributed by atoms with Crippen LogP contribution in [0.25, 0.3) is 22.2 Å². The van der Waals surface area contributed by atoms with Crippen molar-refractivity contribution in [1.82, 2.24) is 9.55 Å². The molecule has 0 aliphatic heterocycles. The molecule has 0 atom stereocenters. The number of nitro benzene ring substituents is 1. The molecule has 1 N–H and O–H groups in total. The Kier molecular flexibility index (Phi) is 3.60. The molecule has 6 nitrogen and oxygen atoms in total. The van der Waals surface area contributed by atoms with Crippen molar-refractivity contribution in [2.24, 2.45) is 0 Å². The minimum atomic E-state index is -0.405. The van der Waals surface area contributed by atoms with E-state index in [1.807, 2.05) is 37.3 Å². The maximum absolute atomic E-state index is 11.2. The molecule has 22 heavy (non-hydrogen) atoms. The Labute approximate surface area is 126 Å². The zero-order valence-corrected chi connectivity index (χ0v) is 12.1. The van der Waals surface area contributed by atoms with E-state index in [1.54, 1.807) is 10.6 Å². The number of aliphatic hydroxyl groups is 1. The highest BCUT2D eigenvalue weighted by molar-refractivity contribution is 5.94. The smallest absolute Gasteiger partial charge is 0.272 e. The van der Waals surface area contributed by atoms with Crippen LogP contribution in [-0.2, 0) is 6.54 Å². The molecule has 0 spiro atoms. The van der Waals surface area contributed by atoms with Crippen LogP contribution in [0.1, 0.15) is 5.82 Å². The monoisotopic (exact) mass is 297 g/mol. The Bertz CT molecular complexity index is 841. The summed E-state index contributed by atoms with van der Waals surface area (Å²) in [5.41, 5.74) is 3.00. The lowest BCUT2D eigenvalue weighted by Crippen LogP contribution is -2.04. The molecule has 6 heteroatoms. The first-order chi connectivity index (χ1) is 10.6. The van der Waals surface area contributed by atoms with Crippen LogP contribution in [0.4, 0.5) is 5.69 Å². The molecule has 0 aliphatic rings. The van der Waals surface area contributed by atoms with Gasteiger partial charge in [0.25, 0.3) is 5.69 Å². The highest BCUT2D eigenvalue weighted by Crippen LogP contribution is 2.33. The van der Waals surface area contributed by atoms with Gasteiger partial charge in [-0.25, -0.2) is 4.98 Å². The summed E-state index contributed by atoms with van der Waals surface area (Å²) in [4.78, 5) is 15.4. The fraction of sp³-hybridized carbons (Fsp3) is 0.188. The number of nitrogens with zero attached hydrogens (tertiary/aromatic N) is 3. The van der Waals surface area contributed by atoms with E-state index in [0.29, 0.717) is 17.6 Å². The minimum Gasteiger partial charge on any atom is -0.395 e. The Hall–Kier alpha value is -2.73. The normalized spacial score (nSPS) is 11.0. The predicted octanol–water partition coefficient (Wildman–Crippen LogP) is 2.91. The van der Waals surface area contributed by atoms with E-state index in [2.05, 4.69) is 4.98 Å². The quantitative estimate of drug-likeness (QED) is 0.593. The molecule has 0 saturated carbocycles. The Morgan fingerprint density at radius 3 is 2.64 bits per heavy atom. The molecule has 3 rings (SSSR count). The van der Waals surface area contributed by atoms with Gasteiger partial charge in [0, 0.05) is 24.2 Å². The van der Waals surface area contributed by atoms with Gasteiger partial charge in [-0.2, -0.15) is 0 Å². The molecule has 3 aromatic rings. The molecular weight excluding hydrogens is 282 g/mol. The Balaban J connectivity index is 2.35. The van der Waals surface area contributed by atoms with E-state index in [9.17, 15) is 15.2 Å². The Morgan fingerprint density at radius 2 is 2.00 bits per heavy atom. The van der Waals surface area contributed by atoms with E-state index in [1.165, 1.54) is 6.07 Å². The number of imidazole rings is 1. The second-order valence-corrected chi connectivity index (χ2v) is 5.02. The minimum absolute atomic E-state index is 0.0189. The SMILES string of the molecule is Cc1nc2c(-c3ccccc3)cc([N+](=O)[O-])cc2n1CCO. The summed E-state index contributed by atoms with van der Waals surface area (Å²) in [5, 5.41) is 20.4. The van der Waals surface area contributed by atoms with Gasteiger partial charge in [-0.05, 0) is 12.5 Å². The standard InChI is InChI=1S/C16H15N3O3/c1-11-17-16-14(12-5-3-2-4-6-12)9-13(19(21)22)10-15(16)18(11)7-8-20/h2-6,9-10,20H,7-8H2,1H3. The number of hydrogen-bond acceptors (Lipinski definition) is 4. The average Bonchev–Trinajstić information content (AvgIpc) is 2.84. The van der Waals surface area contributed by atoms with Crippen molar-refractivity contribution in [1.29, 1.82) is 0 Å². The first-order valence-corrected chi connectivity index (χ1v) is 6.93. The first-order valence-electron chi connectivity index (χ1n) is 6.93. The highest BCUT2D eigenvalue weighted by Gasteiger charge is 2.18. The van der Waals surface area contributed by atoms with Crippen LogP contribution in [-0.4, -0.2) is 26.2 Å². The summed E-state index contributed by atoms with van der Waals surface area (Å²) >= 11 is 0. The fourth-order valence-corrected chi connectivity index (χ4v) is 2.65. The molecule has 0 bridgehead atoms. The van der Waals surface area contributed by atoms with Crippen molar-refractivity contribution in [2.75, 3.05) is 6.61 Å². The molecule has 0 aliphatic carbocycles. The maximum atomic E-state index is 11.2. The number of non-ortho nitro benzene ring substituents is 1. The molecule has 2 aromatic carbocycles. The molecule has 0 radical (unpaired) electrons. The summed E-state index contributed by atoms with van der Waals surface area (Å²) in [6.45, 7) is 2.14. The number of aryl methyl sites for hydroxylation is 1. The third kappa shape index (κ3) is 2.33. The number of rotatable bonds is 4. The second kappa shape index (κ2) is 5.57. The van der Waals surface area contributed by atoms with Gasteiger partial charge in [0.2, 0.25) is 0 Å². The van der Waals surface area contributed by atoms with E-state index < -0.39 is 4.92 Å². The van der Waals surface area contributed by atoms with Crippen molar-refractivity contribution in [2.45, 2.75) is 13.5 Å². The molecule has 1 heterocycles. The van der Waals surface area contributed by atoms with Gasteiger partial charge in [-0.1, -0.05) is 30.3 Å². The summed E-state index contributed by atoms with van der Waals surface area (Å²) < 4.78 is 1.80. The zero-order valence-electron chi connectivity index (χ0n) is 12.1.